The van der Waals surface area contributed by atoms with Crippen molar-refractivity contribution >= 4 is 17.8 Å². The highest BCUT2D eigenvalue weighted by atomic mass is 16.4. The number of hydrogen-bond acceptors (Lipinski definition) is 4. The molecule has 3 N–H and O–H groups in total. The number of fused-ring (bicyclic) bond motifs is 3. The van der Waals surface area contributed by atoms with E-state index in [1.54, 1.807) is 12.1 Å². The second-order valence-corrected chi connectivity index (χ2v) is 6.51. The minimum absolute atomic E-state index is 0.224. The van der Waals surface area contributed by atoms with E-state index in [2.05, 4.69) is 15.8 Å². The maximum atomic E-state index is 12.5. The van der Waals surface area contributed by atoms with Gasteiger partial charge in [0, 0.05) is 18.0 Å². The van der Waals surface area contributed by atoms with E-state index in [0.717, 1.165) is 0 Å². The fraction of sp³-hybridized carbons (Fsp3) is 0.500. The van der Waals surface area contributed by atoms with Gasteiger partial charge < -0.3 is 5.11 Å². The Morgan fingerprint density at radius 1 is 0.913 bits per heavy atom. The van der Waals surface area contributed by atoms with Gasteiger partial charge in [-0.1, -0.05) is 0 Å². The first-order valence-corrected chi connectivity index (χ1v) is 7.72. The van der Waals surface area contributed by atoms with Crippen LogP contribution in [0.25, 0.3) is 0 Å². The number of hydrazine groups is 1. The van der Waals surface area contributed by atoms with Gasteiger partial charge in [-0.2, -0.15) is 0 Å². The topological polar surface area (TPSA) is 108 Å². The average Bonchev–Trinajstić information content (AvgIpc) is 2.61. The van der Waals surface area contributed by atoms with Crippen molar-refractivity contribution in [3.8, 4) is 0 Å². The lowest BCUT2D eigenvalue weighted by Gasteiger charge is -2.50. The van der Waals surface area contributed by atoms with E-state index >= 15 is 0 Å². The summed E-state index contributed by atoms with van der Waals surface area (Å²) in [4.78, 5) is 39.7. The molecule has 3 aliphatic carbocycles. The van der Waals surface area contributed by atoms with Crippen molar-refractivity contribution in [3.63, 3.8) is 0 Å². The summed E-state index contributed by atoms with van der Waals surface area (Å²) in [7, 11) is 0. The number of aliphatic carboxylic acids is 1. The van der Waals surface area contributed by atoms with Gasteiger partial charge in [-0.3, -0.25) is 30.2 Å². The van der Waals surface area contributed by atoms with Crippen LogP contribution in [0, 0.1) is 10.8 Å². The summed E-state index contributed by atoms with van der Waals surface area (Å²) < 4.78 is 0. The van der Waals surface area contributed by atoms with Gasteiger partial charge in [0.2, 0.25) is 5.91 Å². The largest absolute Gasteiger partial charge is 0.481 e. The third-order valence-corrected chi connectivity index (χ3v) is 5.41. The number of hydrogen-bond donors (Lipinski definition) is 3. The first-order valence-electron chi connectivity index (χ1n) is 7.72. The number of pyridine rings is 1. The summed E-state index contributed by atoms with van der Waals surface area (Å²) >= 11 is 0. The molecule has 122 valence electrons. The molecule has 4 rings (SSSR count). The average molecular weight is 317 g/mol. The predicted molar refractivity (Wildman–Crippen MR) is 80.0 cm³/mol. The van der Waals surface area contributed by atoms with Crippen molar-refractivity contribution in [1.82, 2.24) is 15.8 Å². The Morgan fingerprint density at radius 2 is 1.43 bits per heavy atom. The normalized spacial score (nSPS) is 28.9. The van der Waals surface area contributed by atoms with E-state index in [9.17, 15) is 19.5 Å². The van der Waals surface area contributed by atoms with E-state index in [0.29, 0.717) is 44.1 Å². The summed E-state index contributed by atoms with van der Waals surface area (Å²) in [5, 5.41) is 9.38. The van der Waals surface area contributed by atoms with Crippen molar-refractivity contribution in [3.05, 3.63) is 30.1 Å². The molecule has 0 radical (unpaired) electrons. The van der Waals surface area contributed by atoms with Crippen molar-refractivity contribution in [2.75, 3.05) is 0 Å². The van der Waals surface area contributed by atoms with E-state index in [4.69, 9.17) is 0 Å². The number of rotatable bonds is 3. The molecule has 2 bridgehead atoms. The third kappa shape index (κ3) is 2.67. The molecule has 3 aliphatic rings. The van der Waals surface area contributed by atoms with Crippen LogP contribution in [-0.2, 0) is 9.59 Å². The number of nitrogens with zero attached hydrogens (tertiary/aromatic N) is 1. The Kier molecular flexibility index (Phi) is 3.79. The lowest BCUT2D eigenvalue weighted by molar-refractivity contribution is -0.163. The lowest BCUT2D eigenvalue weighted by atomic mass is 9.53. The first-order chi connectivity index (χ1) is 11.0. The molecular weight excluding hydrogens is 298 g/mol. The molecule has 0 atom stereocenters. The van der Waals surface area contributed by atoms with Gasteiger partial charge in [0.15, 0.2) is 0 Å². The van der Waals surface area contributed by atoms with Crippen LogP contribution < -0.4 is 10.9 Å². The highest BCUT2D eigenvalue weighted by Crippen LogP contribution is 2.56. The lowest BCUT2D eigenvalue weighted by Crippen LogP contribution is -2.55. The summed E-state index contributed by atoms with van der Waals surface area (Å²) in [6.07, 6.45) is 6.23. The summed E-state index contributed by atoms with van der Waals surface area (Å²) in [6.45, 7) is 0. The monoisotopic (exact) mass is 317 g/mol. The molecule has 0 aliphatic heterocycles. The van der Waals surface area contributed by atoms with E-state index in [1.165, 1.54) is 12.4 Å². The number of carboxylic acids is 1. The van der Waals surface area contributed by atoms with Gasteiger partial charge in [-0.15, -0.1) is 0 Å². The van der Waals surface area contributed by atoms with E-state index in [1.807, 2.05) is 0 Å². The number of amides is 2. The second kappa shape index (κ2) is 5.64. The molecule has 3 saturated carbocycles. The second-order valence-electron chi connectivity index (χ2n) is 6.51. The highest BCUT2D eigenvalue weighted by Gasteiger charge is 2.55. The Hall–Kier alpha value is -2.44. The number of carbonyl (C=O) groups is 3. The SMILES string of the molecule is O=C(NNC(=O)C12CCC(C(=O)O)(CC1)CC2)c1ccncc1. The Labute approximate surface area is 133 Å². The van der Waals surface area contributed by atoms with Crippen molar-refractivity contribution < 1.29 is 19.5 Å². The smallest absolute Gasteiger partial charge is 0.309 e. The van der Waals surface area contributed by atoms with Crippen LogP contribution in [0.5, 0.6) is 0 Å². The first kappa shape index (κ1) is 15.5. The minimum atomic E-state index is -0.753. The van der Waals surface area contributed by atoms with Crippen LogP contribution in [0.1, 0.15) is 48.9 Å². The Morgan fingerprint density at radius 3 is 1.96 bits per heavy atom. The summed E-state index contributed by atoms with van der Waals surface area (Å²) in [5.41, 5.74) is 4.13. The molecule has 1 heterocycles. The highest BCUT2D eigenvalue weighted by molar-refractivity contribution is 5.96. The van der Waals surface area contributed by atoms with Gasteiger partial charge >= 0.3 is 5.97 Å². The number of nitrogens with one attached hydrogen (secondary N) is 2. The molecule has 0 aromatic carbocycles. The molecule has 7 heteroatoms. The fourth-order valence-corrected chi connectivity index (χ4v) is 3.67. The molecular formula is C16H19N3O4. The quantitative estimate of drug-likeness (QED) is 0.727. The maximum Gasteiger partial charge on any atom is 0.309 e. The molecule has 1 aromatic heterocycles. The molecule has 23 heavy (non-hydrogen) atoms. The Balaban J connectivity index is 1.60. The molecule has 0 unspecified atom stereocenters. The molecule has 0 spiro atoms. The molecule has 1 aromatic rings. The van der Waals surface area contributed by atoms with Gasteiger partial charge in [0.25, 0.3) is 5.91 Å². The molecule has 2 amide bonds. The van der Waals surface area contributed by atoms with Gasteiger partial charge in [-0.25, -0.2) is 0 Å². The molecule has 0 saturated heterocycles. The zero-order chi connectivity index (χ0) is 16.5. The zero-order valence-corrected chi connectivity index (χ0v) is 12.7. The maximum absolute atomic E-state index is 12.5. The van der Waals surface area contributed by atoms with Gasteiger partial charge in [0.1, 0.15) is 0 Å². The number of carbonyl (C=O) groups excluding carboxylic acids is 2. The van der Waals surface area contributed by atoms with Crippen LogP contribution in [0.2, 0.25) is 0 Å². The Bertz CT molecular complexity index is 619. The van der Waals surface area contributed by atoms with Crippen molar-refractivity contribution in [2.24, 2.45) is 10.8 Å². The van der Waals surface area contributed by atoms with Crippen LogP contribution >= 0.6 is 0 Å². The third-order valence-electron chi connectivity index (χ3n) is 5.41. The van der Waals surface area contributed by atoms with Crippen molar-refractivity contribution in [2.45, 2.75) is 38.5 Å². The van der Waals surface area contributed by atoms with Gasteiger partial charge in [-0.05, 0) is 50.7 Å². The number of aromatic nitrogens is 1. The van der Waals surface area contributed by atoms with E-state index in [-0.39, 0.29) is 5.91 Å². The van der Waals surface area contributed by atoms with Gasteiger partial charge in [0.05, 0.1) is 10.8 Å². The summed E-state index contributed by atoms with van der Waals surface area (Å²) in [5.74, 6) is -1.38. The van der Waals surface area contributed by atoms with Crippen LogP contribution in [0.3, 0.4) is 0 Å². The van der Waals surface area contributed by atoms with Crippen LogP contribution in [0.4, 0.5) is 0 Å². The van der Waals surface area contributed by atoms with E-state index < -0.39 is 22.7 Å². The minimum Gasteiger partial charge on any atom is -0.481 e. The predicted octanol–water partition coefficient (Wildman–Crippen LogP) is 1.27. The molecule has 3 fully saturated rings. The standard InChI is InChI=1S/C16H19N3O4/c20-12(11-1-9-17-10-2-11)18-19-13(21)15-3-6-16(7-4-15,8-5-15)14(22)23/h1-2,9-10H,3-8H2,(H,18,20)(H,19,21)(H,22,23). The van der Waals surface area contributed by atoms with Crippen molar-refractivity contribution in [1.29, 1.82) is 0 Å². The zero-order valence-electron chi connectivity index (χ0n) is 12.7. The van der Waals surface area contributed by atoms with Crippen LogP contribution in [-0.4, -0.2) is 27.9 Å². The summed E-state index contributed by atoms with van der Waals surface area (Å²) in [6, 6.07) is 3.12. The number of carboxylic acid groups (broad SMARTS) is 1. The fourth-order valence-electron chi connectivity index (χ4n) is 3.67. The molecule has 7 nitrogen and oxygen atoms in total. The van der Waals surface area contributed by atoms with Crippen LogP contribution in [0.15, 0.2) is 24.5 Å².